The molecule has 0 bridgehead atoms. The second-order valence-electron chi connectivity index (χ2n) is 5.87. The fourth-order valence-corrected chi connectivity index (χ4v) is 3.37. The predicted molar refractivity (Wildman–Crippen MR) is 73.6 cm³/mol. The highest BCUT2D eigenvalue weighted by Gasteiger charge is 2.33. The summed E-state index contributed by atoms with van der Waals surface area (Å²) in [6, 6.07) is 2.30. The topological polar surface area (TPSA) is 32.5 Å². The average Bonchev–Trinajstić information content (AvgIpc) is 3.14. The first kappa shape index (κ1) is 13.6. The molecule has 0 spiro atoms. The van der Waals surface area contributed by atoms with Crippen LogP contribution in [0.1, 0.15) is 38.5 Å². The van der Waals surface area contributed by atoms with E-state index in [-0.39, 0.29) is 12.4 Å². The van der Waals surface area contributed by atoms with Gasteiger partial charge in [0.2, 0.25) is 0 Å². The molecule has 2 N–H and O–H groups in total. The molecule has 0 unspecified atom stereocenters. The van der Waals surface area contributed by atoms with Crippen LogP contribution in [0.25, 0.3) is 0 Å². The van der Waals surface area contributed by atoms with E-state index >= 15 is 0 Å². The van der Waals surface area contributed by atoms with Crippen molar-refractivity contribution in [1.82, 2.24) is 9.80 Å². The highest BCUT2D eigenvalue weighted by Crippen LogP contribution is 2.29. The molecule has 2 saturated carbocycles. The van der Waals surface area contributed by atoms with Crippen molar-refractivity contribution in [3.63, 3.8) is 0 Å². The first-order valence-electron chi connectivity index (χ1n) is 7.06. The predicted octanol–water partition coefficient (Wildman–Crippen LogP) is 1.46. The van der Waals surface area contributed by atoms with Crippen molar-refractivity contribution in [2.45, 2.75) is 56.7 Å². The summed E-state index contributed by atoms with van der Waals surface area (Å²) >= 11 is 0. The molecule has 0 amide bonds. The Hall–Kier alpha value is 0.170. The molecule has 17 heavy (non-hydrogen) atoms. The van der Waals surface area contributed by atoms with Crippen LogP contribution in [0.4, 0.5) is 0 Å². The molecule has 2 aliphatic carbocycles. The van der Waals surface area contributed by atoms with Crippen LogP contribution in [-0.2, 0) is 0 Å². The standard InChI is InChI=1S/C13H25N3.ClH/c14-11-1-3-12(4-2-11)15-7-9-16(10-8-15)13-5-6-13;/h11-13H,1-10,14H2;1H. The lowest BCUT2D eigenvalue weighted by atomic mass is 9.90. The van der Waals surface area contributed by atoms with Crippen LogP contribution in [0.2, 0.25) is 0 Å². The molecular formula is C13H26ClN3. The number of hydrogen-bond donors (Lipinski definition) is 1. The van der Waals surface area contributed by atoms with Crippen molar-refractivity contribution in [2.24, 2.45) is 5.73 Å². The summed E-state index contributed by atoms with van der Waals surface area (Å²) in [6.45, 7) is 5.23. The van der Waals surface area contributed by atoms with E-state index in [9.17, 15) is 0 Å². The lowest BCUT2D eigenvalue weighted by Crippen LogP contribution is -2.52. The van der Waals surface area contributed by atoms with Gasteiger partial charge in [-0.15, -0.1) is 12.4 Å². The zero-order chi connectivity index (χ0) is 11.0. The Morgan fingerprint density at radius 1 is 0.647 bits per heavy atom. The summed E-state index contributed by atoms with van der Waals surface area (Å²) in [6.07, 6.45) is 8.08. The molecule has 1 heterocycles. The Morgan fingerprint density at radius 3 is 1.35 bits per heavy atom. The molecule has 1 saturated heterocycles. The van der Waals surface area contributed by atoms with E-state index in [1.54, 1.807) is 0 Å². The lowest BCUT2D eigenvalue weighted by Gasteiger charge is -2.41. The molecule has 0 aromatic rings. The van der Waals surface area contributed by atoms with E-state index in [0.29, 0.717) is 6.04 Å². The van der Waals surface area contributed by atoms with Gasteiger partial charge in [0.1, 0.15) is 0 Å². The van der Waals surface area contributed by atoms with Gasteiger partial charge in [0.15, 0.2) is 0 Å². The second-order valence-corrected chi connectivity index (χ2v) is 5.87. The number of hydrogen-bond acceptors (Lipinski definition) is 3. The van der Waals surface area contributed by atoms with E-state index in [1.165, 1.54) is 64.7 Å². The van der Waals surface area contributed by atoms with Gasteiger partial charge in [-0.05, 0) is 38.5 Å². The van der Waals surface area contributed by atoms with Gasteiger partial charge >= 0.3 is 0 Å². The van der Waals surface area contributed by atoms with Gasteiger partial charge in [-0.2, -0.15) is 0 Å². The van der Waals surface area contributed by atoms with Crippen LogP contribution in [0.3, 0.4) is 0 Å². The molecule has 4 heteroatoms. The largest absolute Gasteiger partial charge is 0.328 e. The Kier molecular flexibility index (Phi) is 4.70. The van der Waals surface area contributed by atoms with E-state index in [1.807, 2.05) is 0 Å². The van der Waals surface area contributed by atoms with Crippen molar-refractivity contribution in [3.05, 3.63) is 0 Å². The molecular weight excluding hydrogens is 234 g/mol. The van der Waals surface area contributed by atoms with Gasteiger partial charge in [0.05, 0.1) is 0 Å². The number of rotatable bonds is 2. The summed E-state index contributed by atoms with van der Waals surface area (Å²) in [4.78, 5) is 5.43. The zero-order valence-electron chi connectivity index (χ0n) is 10.7. The van der Waals surface area contributed by atoms with Crippen molar-refractivity contribution in [3.8, 4) is 0 Å². The van der Waals surface area contributed by atoms with Crippen LogP contribution in [-0.4, -0.2) is 54.1 Å². The van der Waals surface area contributed by atoms with Gasteiger partial charge < -0.3 is 5.73 Å². The monoisotopic (exact) mass is 259 g/mol. The van der Waals surface area contributed by atoms with Crippen molar-refractivity contribution >= 4 is 12.4 Å². The smallest absolute Gasteiger partial charge is 0.0113 e. The summed E-state index contributed by atoms with van der Waals surface area (Å²) in [5.74, 6) is 0. The fourth-order valence-electron chi connectivity index (χ4n) is 3.37. The SMILES string of the molecule is Cl.NC1CCC(N2CCN(C3CC3)CC2)CC1. The summed E-state index contributed by atoms with van der Waals surface area (Å²) in [7, 11) is 0. The third-order valence-corrected chi connectivity index (χ3v) is 4.67. The van der Waals surface area contributed by atoms with Gasteiger partial charge in [0, 0.05) is 44.3 Å². The van der Waals surface area contributed by atoms with Crippen molar-refractivity contribution in [1.29, 1.82) is 0 Å². The minimum Gasteiger partial charge on any atom is -0.328 e. The lowest BCUT2D eigenvalue weighted by molar-refractivity contribution is 0.0728. The minimum absolute atomic E-state index is 0. The molecule has 100 valence electrons. The molecule has 0 aromatic heterocycles. The normalized spacial score (nSPS) is 36.5. The highest BCUT2D eigenvalue weighted by atomic mass is 35.5. The quantitative estimate of drug-likeness (QED) is 0.815. The summed E-state index contributed by atoms with van der Waals surface area (Å²) < 4.78 is 0. The minimum atomic E-state index is 0. The highest BCUT2D eigenvalue weighted by molar-refractivity contribution is 5.85. The van der Waals surface area contributed by atoms with Gasteiger partial charge in [-0.3, -0.25) is 9.80 Å². The van der Waals surface area contributed by atoms with Crippen LogP contribution in [0.15, 0.2) is 0 Å². The average molecular weight is 260 g/mol. The van der Waals surface area contributed by atoms with Gasteiger partial charge in [0.25, 0.3) is 0 Å². The summed E-state index contributed by atoms with van der Waals surface area (Å²) in [5.41, 5.74) is 5.97. The molecule has 3 rings (SSSR count). The molecule has 0 radical (unpaired) electrons. The molecule has 3 aliphatic rings. The third-order valence-electron chi connectivity index (χ3n) is 4.67. The molecule has 1 aliphatic heterocycles. The van der Waals surface area contributed by atoms with Crippen molar-refractivity contribution in [2.75, 3.05) is 26.2 Å². The molecule has 3 fully saturated rings. The Morgan fingerprint density at radius 2 is 1.00 bits per heavy atom. The summed E-state index contributed by atoms with van der Waals surface area (Å²) in [5, 5.41) is 0. The van der Waals surface area contributed by atoms with Crippen LogP contribution in [0.5, 0.6) is 0 Å². The molecule has 0 aromatic carbocycles. The molecule has 3 nitrogen and oxygen atoms in total. The van der Waals surface area contributed by atoms with E-state index in [0.717, 1.165) is 12.1 Å². The van der Waals surface area contributed by atoms with E-state index in [4.69, 9.17) is 5.73 Å². The second kappa shape index (κ2) is 5.87. The first-order chi connectivity index (χ1) is 7.83. The fraction of sp³-hybridized carbons (Fsp3) is 1.00. The number of halogens is 1. The maximum absolute atomic E-state index is 5.97. The zero-order valence-corrected chi connectivity index (χ0v) is 11.5. The Balaban J connectivity index is 0.00000108. The number of piperazine rings is 1. The number of nitrogens with zero attached hydrogens (tertiary/aromatic N) is 2. The van der Waals surface area contributed by atoms with Crippen LogP contribution >= 0.6 is 12.4 Å². The van der Waals surface area contributed by atoms with Crippen molar-refractivity contribution < 1.29 is 0 Å². The van der Waals surface area contributed by atoms with Crippen LogP contribution in [0, 0.1) is 0 Å². The first-order valence-corrected chi connectivity index (χ1v) is 7.06. The van der Waals surface area contributed by atoms with E-state index in [2.05, 4.69) is 9.80 Å². The van der Waals surface area contributed by atoms with E-state index < -0.39 is 0 Å². The van der Waals surface area contributed by atoms with Crippen LogP contribution < -0.4 is 5.73 Å². The number of nitrogens with two attached hydrogens (primary N) is 1. The maximum atomic E-state index is 5.97. The van der Waals surface area contributed by atoms with Gasteiger partial charge in [-0.1, -0.05) is 0 Å². The maximum Gasteiger partial charge on any atom is 0.0113 e. The third kappa shape index (κ3) is 3.34. The Labute approximate surface area is 111 Å². The molecule has 0 atom stereocenters. The Bertz CT molecular complexity index is 229. The van der Waals surface area contributed by atoms with Gasteiger partial charge in [-0.25, -0.2) is 0 Å².